The van der Waals surface area contributed by atoms with Gasteiger partial charge in [-0.1, -0.05) is 77.8 Å². The van der Waals surface area contributed by atoms with Crippen molar-refractivity contribution in [3.8, 4) is 5.75 Å². The van der Waals surface area contributed by atoms with Crippen LogP contribution in [0.15, 0.2) is 125 Å². The average Bonchev–Trinajstić information content (AvgIpc) is 3.36. The maximum absolute atomic E-state index is 12.7. The third kappa shape index (κ3) is 8.28. The highest BCUT2D eigenvalue weighted by Crippen LogP contribution is 2.37. The largest absolute Gasteiger partial charge is 0.506 e. The van der Waals surface area contributed by atoms with Gasteiger partial charge in [0.2, 0.25) is 0 Å². The van der Waals surface area contributed by atoms with E-state index in [0.29, 0.717) is 17.8 Å². The van der Waals surface area contributed by atoms with Gasteiger partial charge in [-0.2, -0.15) is 23.4 Å². The molecule has 5 aromatic rings. The van der Waals surface area contributed by atoms with Crippen molar-refractivity contribution < 1.29 is 28.0 Å². The van der Waals surface area contributed by atoms with Gasteiger partial charge in [0.15, 0.2) is 5.71 Å². The molecule has 1 aliphatic heterocycles. The molecule has 0 bridgehead atoms. The zero-order valence-corrected chi connectivity index (χ0v) is 28.3. The number of carbonyl (C=O) groups is 1. The van der Waals surface area contributed by atoms with E-state index in [1.165, 1.54) is 19.2 Å². The van der Waals surface area contributed by atoms with E-state index in [2.05, 4.69) is 5.10 Å². The number of anilines is 4. The number of hydrogen-bond donors (Lipinski definition) is 1. The van der Waals surface area contributed by atoms with Gasteiger partial charge in [0.05, 0.1) is 38.8 Å². The highest BCUT2D eigenvalue weighted by Gasteiger charge is 2.34. The summed E-state index contributed by atoms with van der Waals surface area (Å²) in [5.41, 5.74) is 2.03. The van der Waals surface area contributed by atoms with E-state index in [0.717, 1.165) is 39.9 Å². The Kier molecular flexibility index (Phi) is 10.9. The van der Waals surface area contributed by atoms with Crippen LogP contribution in [0, 0.1) is 10.1 Å². The van der Waals surface area contributed by atoms with Crippen LogP contribution < -0.4 is 14.9 Å². The van der Waals surface area contributed by atoms with Crippen LogP contribution in [0.2, 0.25) is 10.0 Å². The molecule has 1 amide bonds. The van der Waals surface area contributed by atoms with Crippen LogP contribution in [-0.2, 0) is 11.0 Å². The van der Waals surface area contributed by atoms with Gasteiger partial charge in [-0.25, -0.2) is 5.01 Å². The van der Waals surface area contributed by atoms with Crippen molar-refractivity contribution in [1.29, 1.82) is 0 Å². The molecule has 260 valence electrons. The first kappa shape index (κ1) is 36.4. The first-order valence-electron chi connectivity index (χ1n) is 14.9. The Morgan fingerprint density at radius 1 is 0.882 bits per heavy atom. The van der Waals surface area contributed by atoms with Crippen LogP contribution in [-0.4, -0.2) is 42.0 Å². The summed E-state index contributed by atoms with van der Waals surface area (Å²) in [6, 6.07) is 32.1. The predicted octanol–water partition coefficient (Wildman–Crippen LogP) is 9.30. The number of rotatable bonds is 7. The highest BCUT2D eigenvalue weighted by molar-refractivity contribution is 6.54. The van der Waals surface area contributed by atoms with Crippen LogP contribution in [0.5, 0.6) is 5.75 Å². The fraction of sp³-hybridized carbons (Fsp3) is 0.0833. The normalized spacial score (nSPS) is 13.2. The number of fused-ring (bicyclic) bond motifs is 1. The summed E-state index contributed by atoms with van der Waals surface area (Å²) in [5.74, 6) is -0.409. The molecule has 1 N–H and O–H groups in total. The lowest BCUT2D eigenvalue weighted by atomic mass is 10.1. The lowest BCUT2D eigenvalue weighted by molar-refractivity contribution is -0.384. The molecule has 0 spiro atoms. The molecule has 0 unspecified atom stereocenters. The van der Waals surface area contributed by atoms with Crippen molar-refractivity contribution >= 4 is 69.5 Å². The number of nitro benzene ring substituents is 1. The van der Waals surface area contributed by atoms with E-state index in [-0.39, 0.29) is 33.0 Å². The zero-order chi connectivity index (χ0) is 36.9. The number of nitro groups is 1. The molecular weight excluding hydrogens is 708 g/mol. The number of alkyl halides is 3. The molecule has 1 aliphatic rings. The number of amides is 1. The molecule has 0 radical (unpaired) electrons. The summed E-state index contributed by atoms with van der Waals surface area (Å²) in [5, 5.41) is 32.6. The van der Waals surface area contributed by atoms with Crippen molar-refractivity contribution in [1.82, 2.24) is 0 Å². The summed E-state index contributed by atoms with van der Waals surface area (Å²) in [7, 11) is 3.08. The monoisotopic (exact) mass is 734 g/mol. The second-order valence-electron chi connectivity index (χ2n) is 10.9. The van der Waals surface area contributed by atoms with Gasteiger partial charge >= 0.3 is 6.18 Å². The van der Waals surface area contributed by atoms with Gasteiger partial charge in [-0.15, -0.1) is 0 Å². The first-order valence-corrected chi connectivity index (χ1v) is 15.7. The SMILES string of the molecule is CN(/N=C/c1cc(Cl)cc(Cl)c1O)c1ccc(C(F)(F)F)cc1[N+](=O)[O-].CN1C(=O)/C(=N\N(c2ccccc2)c2ccccc2)c2ccccc21. The Morgan fingerprint density at radius 3 is 2.06 bits per heavy atom. The lowest BCUT2D eigenvalue weighted by Gasteiger charge is -2.20. The van der Waals surface area contributed by atoms with Crippen LogP contribution in [0.3, 0.4) is 0 Å². The molecule has 0 saturated carbocycles. The van der Waals surface area contributed by atoms with Crippen LogP contribution in [0.25, 0.3) is 0 Å². The smallest absolute Gasteiger partial charge is 0.416 e. The maximum atomic E-state index is 12.7. The van der Waals surface area contributed by atoms with E-state index in [1.807, 2.05) is 89.9 Å². The molecule has 5 aromatic carbocycles. The Labute approximate surface area is 300 Å². The van der Waals surface area contributed by atoms with Crippen LogP contribution >= 0.6 is 23.2 Å². The van der Waals surface area contributed by atoms with Crippen molar-refractivity contribution in [3.05, 3.63) is 152 Å². The highest BCUT2D eigenvalue weighted by atomic mass is 35.5. The number of likely N-dealkylation sites (N-methyl/N-ethyl adjacent to an activating group) is 1. The fourth-order valence-corrected chi connectivity index (χ4v) is 5.47. The van der Waals surface area contributed by atoms with E-state index in [1.54, 1.807) is 11.9 Å². The molecule has 15 heteroatoms. The first-order chi connectivity index (χ1) is 24.3. The Hall–Kier alpha value is -5.92. The van der Waals surface area contributed by atoms with E-state index in [9.17, 15) is 33.2 Å². The second kappa shape index (κ2) is 15.3. The number of benzene rings is 5. The summed E-state index contributed by atoms with van der Waals surface area (Å²) in [6.45, 7) is 0. The quantitative estimate of drug-likeness (QED) is 0.101. The minimum atomic E-state index is -4.71. The van der Waals surface area contributed by atoms with Gasteiger partial charge in [0.1, 0.15) is 11.4 Å². The van der Waals surface area contributed by atoms with Crippen molar-refractivity contribution in [2.45, 2.75) is 6.18 Å². The number of phenolic OH excluding ortho intramolecular Hbond substituents is 1. The van der Waals surface area contributed by atoms with Gasteiger partial charge in [0.25, 0.3) is 11.6 Å². The third-order valence-electron chi connectivity index (χ3n) is 7.51. The molecule has 0 aromatic heterocycles. The van der Waals surface area contributed by atoms with Gasteiger partial charge in [0, 0.05) is 36.3 Å². The number of carbonyl (C=O) groups excluding carboxylic acids is 1. The minimum Gasteiger partial charge on any atom is -0.506 e. The van der Waals surface area contributed by atoms with Crippen molar-refractivity contribution in [3.63, 3.8) is 0 Å². The summed E-state index contributed by atoms with van der Waals surface area (Å²) >= 11 is 11.6. The number of hydrazone groups is 2. The van der Waals surface area contributed by atoms with Gasteiger partial charge < -0.3 is 10.0 Å². The fourth-order valence-electron chi connectivity index (χ4n) is 4.96. The maximum Gasteiger partial charge on any atom is 0.416 e. The minimum absolute atomic E-state index is 0.0258. The van der Waals surface area contributed by atoms with Crippen LogP contribution in [0.4, 0.5) is 41.6 Å². The van der Waals surface area contributed by atoms with Gasteiger partial charge in [-0.3, -0.25) is 19.9 Å². The number of aromatic hydroxyl groups is 1. The topological polar surface area (TPSA) is 115 Å². The van der Waals surface area contributed by atoms with E-state index >= 15 is 0 Å². The second-order valence-corrected chi connectivity index (χ2v) is 11.7. The molecule has 6 rings (SSSR count). The molecule has 0 aliphatic carbocycles. The van der Waals surface area contributed by atoms with Crippen LogP contribution in [0.1, 0.15) is 16.7 Å². The molecule has 0 atom stereocenters. The molecule has 0 saturated heterocycles. The summed E-state index contributed by atoms with van der Waals surface area (Å²) in [4.78, 5) is 24.5. The number of hydrogen-bond acceptors (Lipinski definition) is 8. The lowest BCUT2D eigenvalue weighted by Crippen LogP contribution is -2.27. The Balaban J connectivity index is 0.000000198. The van der Waals surface area contributed by atoms with E-state index < -0.39 is 22.4 Å². The molecular formula is C36H27Cl2F3N6O4. The van der Waals surface area contributed by atoms with Crippen molar-refractivity contribution in [2.24, 2.45) is 10.2 Å². The van der Waals surface area contributed by atoms with E-state index in [4.69, 9.17) is 28.3 Å². The average molecular weight is 736 g/mol. The zero-order valence-electron chi connectivity index (χ0n) is 26.8. The Bertz CT molecular complexity index is 2090. The number of halogens is 5. The number of para-hydroxylation sites is 3. The van der Waals surface area contributed by atoms with Crippen molar-refractivity contribution in [2.75, 3.05) is 29.0 Å². The third-order valence-corrected chi connectivity index (χ3v) is 8.01. The Morgan fingerprint density at radius 2 is 1.47 bits per heavy atom. The predicted molar refractivity (Wildman–Crippen MR) is 194 cm³/mol. The standard InChI is InChI=1S/C21H17N3O.C15H10Cl2F3N3O3/c1-23-19-15-9-8-14-18(19)20(21(23)25)22-24(16-10-4-2-5-11-16)17-12-6-3-7-13-17;1-22(21-7-8-4-10(16)6-11(17)14(8)24)12-3-2-9(15(18,19)20)5-13(12)23(25)26/h2-15H,1H3;2-7,24H,1H3/b22-20-;21-7+. The summed E-state index contributed by atoms with van der Waals surface area (Å²) in [6.07, 6.45) is -3.59. The molecule has 10 nitrogen and oxygen atoms in total. The molecule has 1 heterocycles. The van der Waals surface area contributed by atoms with Gasteiger partial charge in [-0.05, 0) is 54.6 Å². The number of phenols is 1. The molecule has 0 fully saturated rings. The summed E-state index contributed by atoms with van der Waals surface area (Å²) < 4.78 is 38.2. The molecule has 51 heavy (non-hydrogen) atoms. The number of nitrogens with zero attached hydrogens (tertiary/aromatic N) is 6.